The van der Waals surface area contributed by atoms with E-state index in [1.54, 1.807) is 19.2 Å². The van der Waals surface area contributed by atoms with E-state index in [0.717, 1.165) is 41.3 Å². The quantitative estimate of drug-likeness (QED) is 0.243. The second kappa shape index (κ2) is 16.5. The molecule has 1 aromatic heterocycles. The summed E-state index contributed by atoms with van der Waals surface area (Å²) in [5.74, 6) is 0.278. The molecule has 2 bridgehead atoms. The summed E-state index contributed by atoms with van der Waals surface area (Å²) in [6.45, 7) is 14.7. The van der Waals surface area contributed by atoms with Crippen molar-refractivity contribution in [2.45, 2.75) is 90.6 Å². The van der Waals surface area contributed by atoms with Crippen molar-refractivity contribution in [1.29, 1.82) is 0 Å². The van der Waals surface area contributed by atoms with Gasteiger partial charge in [0.2, 0.25) is 5.91 Å². The molecule has 2 amide bonds. The van der Waals surface area contributed by atoms with Gasteiger partial charge in [-0.15, -0.1) is 11.3 Å². The zero-order chi connectivity index (χ0) is 28.0. The first-order valence-electron chi connectivity index (χ1n) is 13.6. The third-order valence-electron chi connectivity index (χ3n) is 6.27. The fourth-order valence-electron chi connectivity index (χ4n) is 4.04. The van der Waals surface area contributed by atoms with Gasteiger partial charge in [0.05, 0.1) is 6.54 Å². The zero-order valence-electron chi connectivity index (χ0n) is 23.2. The molecule has 2 heterocycles. The van der Waals surface area contributed by atoms with Gasteiger partial charge in [-0.25, -0.2) is 4.98 Å². The van der Waals surface area contributed by atoms with Crippen LogP contribution in [0.5, 0.6) is 0 Å². The Morgan fingerprint density at radius 3 is 2.68 bits per heavy atom. The molecule has 0 saturated heterocycles. The molecule has 0 aromatic carbocycles. The number of nitrogens with zero attached hydrogens (tertiary/aromatic N) is 1. The molecule has 0 fully saturated rings. The first kappa shape index (κ1) is 31.8. The van der Waals surface area contributed by atoms with Crippen molar-refractivity contribution in [3.05, 3.63) is 52.7 Å². The number of allylic oxidation sites excluding steroid dienone is 3. The summed E-state index contributed by atoms with van der Waals surface area (Å²) in [7, 11) is 0. The molecular weight excluding hydrogens is 516 g/mol. The highest BCUT2D eigenvalue weighted by molar-refractivity contribution is 8.13. The lowest BCUT2D eigenvalue weighted by molar-refractivity contribution is -0.126. The summed E-state index contributed by atoms with van der Waals surface area (Å²) in [5, 5.41) is 11.8. The van der Waals surface area contributed by atoms with Gasteiger partial charge in [-0.2, -0.15) is 0 Å². The van der Waals surface area contributed by atoms with Crippen LogP contribution in [0.3, 0.4) is 0 Å². The highest BCUT2D eigenvalue weighted by Crippen LogP contribution is 2.21. The van der Waals surface area contributed by atoms with E-state index < -0.39 is 5.54 Å². The Balaban J connectivity index is 1.95. The number of hydrogen-bond acceptors (Lipinski definition) is 7. The number of nitrogens with one attached hydrogen (secondary N) is 3. The van der Waals surface area contributed by atoms with Crippen molar-refractivity contribution in [2.75, 3.05) is 12.3 Å². The summed E-state index contributed by atoms with van der Waals surface area (Å²) >= 11 is 2.82. The Bertz CT molecular complexity index is 1000. The molecule has 0 saturated carbocycles. The maximum Gasteiger partial charge on any atom is 0.271 e. The highest BCUT2D eigenvalue weighted by atomic mass is 32.2. The van der Waals surface area contributed by atoms with Gasteiger partial charge in [0.15, 0.2) is 5.12 Å². The average molecular weight is 561 g/mol. The number of unbranched alkanes of at least 4 members (excludes halogenated alkanes) is 4. The van der Waals surface area contributed by atoms with E-state index in [1.165, 1.54) is 42.4 Å². The maximum atomic E-state index is 12.8. The highest BCUT2D eigenvalue weighted by Gasteiger charge is 2.30. The first-order chi connectivity index (χ1) is 18.1. The molecule has 0 aliphatic carbocycles. The maximum absolute atomic E-state index is 12.8. The van der Waals surface area contributed by atoms with Crippen LogP contribution in [0, 0.1) is 5.92 Å². The summed E-state index contributed by atoms with van der Waals surface area (Å²) in [6, 6.07) is 0. The normalized spacial score (nSPS) is 19.2. The molecule has 210 valence electrons. The van der Waals surface area contributed by atoms with Gasteiger partial charge >= 0.3 is 0 Å². The lowest BCUT2D eigenvalue weighted by atomic mass is 9.94. The Kier molecular flexibility index (Phi) is 13.9. The molecule has 0 radical (unpaired) electrons. The van der Waals surface area contributed by atoms with E-state index in [9.17, 15) is 14.4 Å². The minimum Gasteiger partial charge on any atom is -0.382 e. The van der Waals surface area contributed by atoms with Crippen LogP contribution in [0.25, 0.3) is 0 Å². The number of rotatable bonds is 10. The molecule has 0 spiro atoms. The molecule has 1 aromatic rings. The van der Waals surface area contributed by atoms with E-state index in [1.807, 2.05) is 0 Å². The molecule has 9 heteroatoms. The molecule has 2 rings (SSSR count). The lowest BCUT2D eigenvalue weighted by Gasteiger charge is -2.25. The largest absolute Gasteiger partial charge is 0.382 e. The van der Waals surface area contributed by atoms with Crippen molar-refractivity contribution in [3.63, 3.8) is 0 Å². The van der Waals surface area contributed by atoms with Crippen LogP contribution >= 0.6 is 23.1 Å². The number of aromatic nitrogens is 1. The first-order valence-corrected chi connectivity index (χ1v) is 15.4. The minimum absolute atomic E-state index is 0.158. The van der Waals surface area contributed by atoms with Crippen LogP contribution in [-0.4, -0.2) is 39.8 Å². The van der Waals surface area contributed by atoms with Crippen molar-refractivity contribution in [2.24, 2.45) is 5.92 Å². The number of hydrogen-bond donors (Lipinski definition) is 3. The third kappa shape index (κ3) is 12.0. The van der Waals surface area contributed by atoms with E-state index in [-0.39, 0.29) is 22.8 Å². The third-order valence-corrected chi connectivity index (χ3v) is 8.08. The van der Waals surface area contributed by atoms with Crippen LogP contribution < -0.4 is 16.0 Å². The Labute approximate surface area is 236 Å². The van der Waals surface area contributed by atoms with Gasteiger partial charge in [0, 0.05) is 29.8 Å². The van der Waals surface area contributed by atoms with Crippen molar-refractivity contribution in [3.8, 4) is 0 Å². The fraction of sp³-hybridized carbons (Fsp3) is 0.586. The SMILES string of the molecule is C=C1CNC(=O)C(C)(C)NC(=O)c2csc(n2)CNC(=C)CC(/C=C/CCSC(=O)CCCCCCC)C1. The van der Waals surface area contributed by atoms with E-state index >= 15 is 0 Å². The van der Waals surface area contributed by atoms with Gasteiger partial charge in [-0.1, -0.05) is 75.3 Å². The molecule has 1 atom stereocenters. The summed E-state index contributed by atoms with van der Waals surface area (Å²) < 4.78 is 0. The molecule has 7 nitrogen and oxygen atoms in total. The smallest absolute Gasteiger partial charge is 0.271 e. The van der Waals surface area contributed by atoms with E-state index in [0.29, 0.717) is 38.0 Å². The standard InChI is InChI=1S/C29H44N4O3S2/c1-6-7-8-9-10-14-26(34)37-15-12-11-13-23-16-21(2)18-31-28(36)29(4,5)33-27(35)24-20-38-25(32-24)19-30-22(3)17-23/h11,13,20,23,30H,2-3,6-10,12,14-19H2,1,4-5H3,(H,31,36)(H,33,35)/b13-11+. The summed E-state index contributed by atoms with van der Waals surface area (Å²) in [6.07, 6.45) is 13.0. The second-order valence-corrected chi connectivity index (χ2v) is 12.5. The monoisotopic (exact) mass is 560 g/mol. The molecule has 38 heavy (non-hydrogen) atoms. The second-order valence-electron chi connectivity index (χ2n) is 10.4. The van der Waals surface area contributed by atoms with Crippen LogP contribution in [0.1, 0.15) is 94.1 Å². The molecular formula is C29H44N4O3S2. The lowest BCUT2D eigenvalue weighted by Crippen LogP contribution is -2.55. The van der Waals surface area contributed by atoms with Gasteiger partial charge < -0.3 is 16.0 Å². The number of carbonyl (C=O) groups excluding carboxylic acids is 3. The van der Waals surface area contributed by atoms with Crippen LogP contribution in [-0.2, 0) is 16.1 Å². The van der Waals surface area contributed by atoms with Gasteiger partial charge in [-0.3, -0.25) is 14.4 Å². The van der Waals surface area contributed by atoms with Gasteiger partial charge in [0.25, 0.3) is 5.91 Å². The van der Waals surface area contributed by atoms with Crippen LogP contribution in [0.4, 0.5) is 0 Å². The average Bonchev–Trinajstić information content (AvgIpc) is 3.34. The van der Waals surface area contributed by atoms with E-state index in [4.69, 9.17) is 0 Å². The minimum atomic E-state index is -1.09. The van der Waals surface area contributed by atoms with E-state index in [2.05, 4.69) is 53.2 Å². The van der Waals surface area contributed by atoms with Gasteiger partial charge in [0.1, 0.15) is 16.2 Å². The van der Waals surface area contributed by atoms with Crippen molar-refractivity contribution >= 4 is 40.0 Å². The number of carbonyl (C=O) groups is 3. The van der Waals surface area contributed by atoms with Crippen LogP contribution in [0.2, 0.25) is 0 Å². The number of thioether (sulfide) groups is 1. The number of fused-ring (bicyclic) bond motifs is 2. The molecule has 1 aliphatic heterocycles. The predicted molar refractivity (Wildman–Crippen MR) is 159 cm³/mol. The van der Waals surface area contributed by atoms with Gasteiger partial charge in [-0.05, 0) is 45.4 Å². The Morgan fingerprint density at radius 1 is 1.16 bits per heavy atom. The molecule has 3 N–H and O–H groups in total. The van der Waals surface area contributed by atoms with Crippen molar-refractivity contribution in [1.82, 2.24) is 20.9 Å². The van der Waals surface area contributed by atoms with Crippen molar-refractivity contribution < 1.29 is 14.4 Å². The predicted octanol–water partition coefficient (Wildman–Crippen LogP) is 5.90. The Morgan fingerprint density at radius 2 is 1.92 bits per heavy atom. The summed E-state index contributed by atoms with van der Waals surface area (Å²) in [5.41, 5.74) is 0.974. The Hall–Kier alpha value is -2.39. The molecule has 1 unspecified atom stereocenters. The summed E-state index contributed by atoms with van der Waals surface area (Å²) in [4.78, 5) is 41.9. The van der Waals surface area contributed by atoms with Crippen LogP contribution in [0.15, 0.2) is 42.0 Å². The fourth-order valence-corrected chi connectivity index (χ4v) is 5.53. The number of amides is 2. The zero-order valence-corrected chi connectivity index (χ0v) is 24.8. The topological polar surface area (TPSA) is 100 Å². The number of thiazole rings is 1. The molecule has 1 aliphatic rings.